The van der Waals surface area contributed by atoms with Crippen molar-refractivity contribution in [1.29, 1.82) is 0 Å². The summed E-state index contributed by atoms with van der Waals surface area (Å²) < 4.78 is 5.32. The molecule has 0 spiro atoms. The van der Waals surface area contributed by atoms with Crippen LogP contribution in [0.1, 0.15) is 22.7 Å². The second-order valence-electron chi connectivity index (χ2n) is 9.12. The zero-order chi connectivity index (χ0) is 28.6. The van der Waals surface area contributed by atoms with Crippen LogP contribution in [0, 0.1) is 20.2 Å². The summed E-state index contributed by atoms with van der Waals surface area (Å²) in [6.45, 7) is 0.0907. The lowest BCUT2D eigenvalue weighted by Gasteiger charge is -2.25. The van der Waals surface area contributed by atoms with Crippen LogP contribution in [-0.4, -0.2) is 50.2 Å². The number of nitro groups is 2. The van der Waals surface area contributed by atoms with E-state index in [1.54, 1.807) is 13.3 Å². The lowest BCUT2D eigenvalue weighted by molar-refractivity contribution is -0.385. The number of aromatic nitrogens is 1. The van der Waals surface area contributed by atoms with Crippen molar-refractivity contribution in [3.05, 3.63) is 115 Å². The van der Waals surface area contributed by atoms with Gasteiger partial charge in [0.2, 0.25) is 0 Å². The molecule has 1 aliphatic heterocycles. The van der Waals surface area contributed by atoms with Crippen molar-refractivity contribution in [3.63, 3.8) is 0 Å². The monoisotopic (exact) mass is 542 g/mol. The summed E-state index contributed by atoms with van der Waals surface area (Å²) in [7, 11) is 1.56. The average Bonchev–Trinajstić information content (AvgIpc) is 3.48. The highest BCUT2D eigenvalue weighted by molar-refractivity contribution is 6.46. The number of aliphatic hydroxyl groups is 1. The largest absolute Gasteiger partial charge is 0.507 e. The first-order valence-corrected chi connectivity index (χ1v) is 12.1. The van der Waals surface area contributed by atoms with Gasteiger partial charge < -0.3 is 19.7 Å². The first kappa shape index (κ1) is 26.1. The van der Waals surface area contributed by atoms with E-state index in [1.807, 2.05) is 18.2 Å². The Morgan fingerprint density at radius 1 is 0.975 bits per heavy atom. The molecule has 0 radical (unpaired) electrons. The maximum Gasteiger partial charge on any atom is 0.295 e. The Kier molecular flexibility index (Phi) is 6.74. The van der Waals surface area contributed by atoms with E-state index >= 15 is 0 Å². The van der Waals surface area contributed by atoms with Gasteiger partial charge in [0.1, 0.15) is 11.5 Å². The van der Waals surface area contributed by atoms with Gasteiger partial charge in [-0.2, -0.15) is 0 Å². The second kappa shape index (κ2) is 10.3. The predicted octanol–water partition coefficient (Wildman–Crippen LogP) is 4.66. The predicted molar refractivity (Wildman–Crippen MR) is 144 cm³/mol. The molecule has 202 valence electrons. The molecule has 40 heavy (non-hydrogen) atoms. The Bertz CT molecular complexity index is 1690. The Balaban J connectivity index is 1.56. The third-order valence-corrected chi connectivity index (χ3v) is 6.91. The van der Waals surface area contributed by atoms with Crippen molar-refractivity contribution in [3.8, 4) is 5.75 Å². The van der Waals surface area contributed by atoms with Crippen molar-refractivity contribution >= 4 is 39.7 Å². The number of ketones is 1. The van der Waals surface area contributed by atoms with Crippen LogP contribution in [-0.2, 0) is 16.0 Å². The number of nitrogens with zero attached hydrogens (tertiary/aromatic N) is 3. The van der Waals surface area contributed by atoms with Gasteiger partial charge in [0.25, 0.3) is 23.1 Å². The zero-order valence-corrected chi connectivity index (χ0v) is 21.1. The number of likely N-dealkylation sites (tertiary alicyclic amines) is 1. The highest BCUT2D eigenvalue weighted by Crippen LogP contribution is 2.40. The molecule has 12 heteroatoms. The topological polar surface area (TPSA) is 169 Å². The van der Waals surface area contributed by atoms with Gasteiger partial charge in [-0.3, -0.25) is 29.8 Å². The van der Waals surface area contributed by atoms with E-state index in [4.69, 9.17) is 4.74 Å². The molecule has 1 aromatic heterocycles. The van der Waals surface area contributed by atoms with E-state index in [-0.39, 0.29) is 29.1 Å². The number of nitrogens with one attached hydrogen (secondary N) is 1. The van der Waals surface area contributed by atoms with E-state index in [2.05, 4.69) is 4.98 Å². The highest BCUT2D eigenvalue weighted by atomic mass is 16.6. The molecule has 1 aliphatic rings. The fraction of sp³-hybridized carbons (Fsp3) is 0.143. The summed E-state index contributed by atoms with van der Waals surface area (Å²) in [5, 5.41) is 34.3. The van der Waals surface area contributed by atoms with Crippen molar-refractivity contribution in [2.45, 2.75) is 12.5 Å². The van der Waals surface area contributed by atoms with Crippen LogP contribution in [0.2, 0.25) is 0 Å². The number of benzene rings is 3. The Morgan fingerprint density at radius 3 is 2.20 bits per heavy atom. The molecule has 12 nitrogen and oxygen atoms in total. The van der Waals surface area contributed by atoms with Crippen LogP contribution < -0.4 is 4.74 Å². The molecule has 4 aromatic rings. The lowest BCUT2D eigenvalue weighted by atomic mass is 9.95. The highest BCUT2D eigenvalue weighted by Gasteiger charge is 2.46. The van der Waals surface area contributed by atoms with Gasteiger partial charge in [-0.1, -0.05) is 0 Å². The molecule has 0 unspecified atom stereocenters. The average molecular weight is 543 g/mol. The fourth-order valence-corrected chi connectivity index (χ4v) is 4.86. The van der Waals surface area contributed by atoms with Crippen molar-refractivity contribution < 1.29 is 29.3 Å². The van der Waals surface area contributed by atoms with Gasteiger partial charge in [-0.15, -0.1) is 0 Å². The van der Waals surface area contributed by atoms with Gasteiger partial charge >= 0.3 is 0 Å². The summed E-state index contributed by atoms with van der Waals surface area (Å²) in [5.74, 6) is -1.62. The molecule has 1 atom stereocenters. The molecule has 0 aliphatic carbocycles. The molecule has 1 amide bonds. The van der Waals surface area contributed by atoms with E-state index < -0.39 is 33.3 Å². The SMILES string of the molecule is COc1ccc2[nH]cc(CCN3C(=O)C(=O)C(=C(O)c4ccc([N+](=O)[O-])cc4)[C@H]3c3ccc([N+](=O)[O-])cc3)c2c1. The van der Waals surface area contributed by atoms with Crippen molar-refractivity contribution in [2.24, 2.45) is 0 Å². The molecule has 2 N–H and O–H groups in total. The van der Waals surface area contributed by atoms with Crippen LogP contribution in [0.5, 0.6) is 5.75 Å². The van der Waals surface area contributed by atoms with Crippen molar-refractivity contribution in [2.75, 3.05) is 13.7 Å². The van der Waals surface area contributed by atoms with Crippen LogP contribution in [0.25, 0.3) is 16.7 Å². The zero-order valence-electron chi connectivity index (χ0n) is 21.1. The normalized spacial score (nSPS) is 16.4. The first-order chi connectivity index (χ1) is 19.2. The number of fused-ring (bicyclic) bond motifs is 1. The number of methoxy groups -OCH3 is 1. The van der Waals surface area contributed by atoms with E-state index in [9.17, 15) is 34.9 Å². The number of hydrogen-bond acceptors (Lipinski definition) is 8. The quantitative estimate of drug-likeness (QED) is 0.106. The van der Waals surface area contributed by atoms with Crippen LogP contribution >= 0.6 is 0 Å². The number of aliphatic hydroxyl groups excluding tert-OH is 1. The molecule has 2 heterocycles. The van der Waals surface area contributed by atoms with E-state index in [1.165, 1.54) is 53.4 Å². The minimum Gasteiger partial charge on any atom is -0.507 e. The number of Topliss-reactive ketones (excluding diaryl/α,β-unsaturated/α-hetero) is 1. The van der Waals surface area contributed by atoms with Crippen LogP contribution in [0.3, 0.4) is 0 Å². The molecular formula is C28H22N4O8. The third-order valence-electron chi connectivity index (χ3n) is 6.91. The summed E-state index contributed by atoms with van der Waals surface area (Å²) in [6.07, 6.45) is 2.15. The molecular weight excluding hydrogens is 520 g/mol. The van der Waals surface area contributed by atoms with Crippen LogP contribution in [0.4, 0.5) is 11.4 Å². The Labute approximate surface area is 226 Å². The fourth-order valence-electron chi connectivity index (χ4n) is 4.86. The minimum atomic E-state index is -1.05. The third kappa shape index (κ3) is 4.62. The minimum absolute atomic E-state index is 0.0907. The van der Waals surface area contributed by atoms with Gasteiger partial charge in [0.05, 0.1) is 28.6 Å². The summed E-state index contributed by atoms with van der Waals surface area (Å²) in [4.78, 5) is 52.1. The summed E-state index contributed by atoms with van der Waals surface area (Å²) >= 11 is 0. The van der Waals surface area contributed by atoms with Gasteiger partial charge in [0, 0.05) is 53.5 Å². The number of amides is 1. The van der Waals surface area contributed by atoms with E-state index in [0.29, 0.717) is 17.7 Å². The van der Waals surface area contributed by atoms with Crippen molar-refractivity contribution in [1.82, 2.24) is 9.88 Å². The number of hydrogen-bond donors (Lipinski definition) is 2. The van der Waals surface area contributed by atoms with E-state index in [0.717, 1.165) is 16.5 Å². The number of H-pyrrole nitrogens is 1. The number of rotatable bonds is 8. The summed E-state index contributed by atoms with van der Waals surface area (Å²) in [5.41, 5.74) is 1.63. The molecule has 0 saturated carbocycles. The molecule has 5 rings (SSSR count). The number of aromatic amines is 1. The number of carbonyl (C=O) groups excluding carboxylic acids is 2. The van der Waals surface area contributed by atoms with Gasteiger partial charge in [-0.05, 0) is 60.0 Å². The second-order valence-corrected chi connectivity index (χ2v) is 9.12. The molecule has 1 fully saturated rings. The molecule has 1 saturated heterocycles. The maximum absolute atomic E-state index is 13.3. The number of nitro benzene ring substituents is 2. The number of carbonyl (C=O) groups is 2. The smallest absolute Gasteiger partial charge is 0.295 e. The Morgan fingerprint density at radius 2 is 1.60 bits per heavy atom. The molecule has 0 bridgehead atoms. The first-order valence-electron chi connectivity index (χ1n) is 12.1. The summed E-state index contributed by atoms with van der Waals surface area (Å²) in [6, 6.07) is 14.8. The molecule has 3 aromatic carbocycles. The number of ether oxygens (including phenoxy) is 1. The maximum atomic E-state index is 13.3. The lowest BCUT2D eigenvalue weighted by Crippen LogP contribution is -2.31. The van der Waals surface area contributed by atoms with Gasteiger partial charge in [-0.25, -0.2) is 0 Å². The Hall–Kier alpha value is -5.52. The number of non-ortho nitro benzene ring substituents is 2. The van der Waals surface area contributed by atoms with Crippen LogP contribution in [0.15, 0.2) is 78.5 Å². The van der Waals surface area contributed by atoms with Gasteiger partial charge in [0.15, 0.2) is 0 Å². The standard InChI is InChI=1S/C28H22N4O8/c1-40-21-10-11-23-22(14-21)18(15-29-23)12-13-30-25(16-2-6-19(7-3-16)31(36)37)24(27(34)28(30)35)26(33)17-4-8-20(9-5-17)32(38)39/h2-11,14-15,25,29,33H,12-13H2,1H3/t25-/m1/s1.